The van der Waals surface area contributed by atoms with Crippen molar-refractivity contribution in [2.24, 2.45) is 5.92 Å². The van der Waals surface area contributed by atoms with E-state index in [0.717, 1.165) is 22.9 Å². The predicted molar refractivity (Wildman–Crippen MR) is 87.7 cm³/mol. The van der Waals surface area contributed by atoms with Crippen LogP contribution in [-0.4, -0.2) is 12.5 Å². The minimum Gasteiger partial charge on any atom is -0.397 e. The summed E-state index contributed by atoms with van der Waals surface area (Å²) >= 11 is 7.54. The molecule has 0 saturated heterocycles. The number of fused-ring (bicyclic) bond motifs is 1. The highest BCUT2D eigenvalue weighted by Crippen LogP contribution is 2.37. The molecule has 0 aliphatic heterocycles. The summed E-state index contributed by atoms with van der Waals surface area (Å²) in [6.45, 7) is 4.95. The number of thiophene rings is 1. The molecule has 3 N–H and O–H groups in total. The average molecular weight is 311 g/mol. The van der Waals surface area contributed by atoms with E-state index in [9.17, 15) is 4.79 Å². The van der Waals surface area contributed by atoms with Crippen LogP contribution >= 0.6 is 22.9 Å². The third-order valence-corrected chi connectivity index (χ3v) is 5.10. The van der Waals surface area contributed by atoms with E-state index < -0.39 is 0 Å². The van der Waals surface area contributed by atoms with E-state index in [1.165, 1.54) is 11.3 Å². The van der Waals surface area contributed by atoms with E-state index in [4.69, 9.17) is 17.3 Å². The fraction of sp³-hybridized carbons (Fsp3) is 0.400. The average Bonchev–Trinajstić information content (AvgIpc) is 2.78. The first-order valence-electron chi connectivity index (χ1n) is 6.83. The van der Waals surface area contributed by atoms with Crippen LogP contribution < -0.4 is 11.1 Å². The molecule has 0 unspecified atom stereocenters. The lowest BCUT2D eigenvalue weighted by Gasteiger charge is -2.12. The van der Waals surface area contributed by atoms with Gasteiger partial charge in [-0.05, 0) is 18.1 Å². The molecule has 2 aromatic rings. The molecule has 1 heterocycles. The zero-order valence-corrected chi connectivity index (χ0v) is 13.3. The smallest absolute Gasteiger partial charge is 0.263 e. The van der Waals surface area contributed by atoms with Gasteiger partial charge in [0.1, 0.15) is 4.88 Å². The minimum absolute atomic E-state index is 0.105. The zero-order valence-electron chi connectivity index (χ0n) is 11.7. The highest BCUT2D eigenvalue weighted by molar-refractivity contribution is 7.21. The van der Waals surface area contributed by atoms with Crippen LogP contribution in [0.4, 0.5) is 5.69 Å². The molecule has 1 aromatic carbocycles. The minimum atomic E-state index is -0.105. The Labute approximate surface area is 128 Å². The van der Waals surface area contributed by atoms with Crippen LogP contribution in [0.3, 0.4) is 0 Å². The molecule has 1 amide bonds. The van der Waals surface area contributed by atoms with E-state index in [-0.39, 0.29) is 5.91 Å². The van der Waals surface area contributed by atoms with Crippen LogP contribution in [0, 0.1) is 5.92 Å². The zero-order chi connectivity index (χ0) is 14.7. The van der Waals surface area contributed by atoms with Crippen molar-refractivity contribution >= 4 is 44.6 Å². The molecular formula is C15H19ClN2OS. The van der Waals surface area contributed by atoms with E-state index in [0.29, 0.717) is 28.0 Å². The Kier molecular flexibility index (Phi) is 4.89. The number of carbonyl (C=O) groups excluding carboxylic acids is 1. The monoisotopic (exact) mass is 310 g/mol. The lowest BCUT2D eigenvalue weighted by atomic mass is 10.0. The molecule has 5 heteroatoms. The third-order valence-electron chi connectivity index (χ3n) is 3.61. The van der Waals surface area contributed by atoms with E-state index in [1.54, 1.807) is 6.07 Å². The van der Waals surface area contributed by atoms with Crippen molar-refractivity contribution in [1.82, 2.24) is 5.32 Å². The van der Waals surface area contributed by atoms with Crippen molar-refractivity contribution in [3.05, 3.63) is 28.1 Å². The first-order valence-corrected chi connectivity index (χ1v) is 8.02. The highest BCUT2D eigenvalue weighted by Gasteiger charge is 2.18. The Hall–Kier alpha value is -1.26. The van der Waals surface area contributed by atoms with Gasteiger partial charge in [-0.15, -0.1) is 11.3 Å². The van der Waals surface area contributed by atoms with Crippen LogP contribution in [0.25, 0.3) is 10.1 Å². The molecular weight excluding hydrogens is 292 g/mol. The van der Waals surface area contributed by atoms with Gasteiger partial charge in [-0.3, -0.25) is 4.79 Å². The van der Waals surface area contributed by atoms with Gasteiger partial charge in [0.05, 0.1) is 10.7 Å². The van der Waals surface area contributed by atoms with Gasteiger partial charge in [-0.25, -0.2) is 0 Å². The topological polar surface area (TPSA) is 55.1 Å². The van der Waals surface area contributed by atoms with Gasteiger partial charge in [0.25, 0.3) is 5.91 Å². The molecule has 1 aromatic heterocycles. The standard InChI is InChI=1S/C15H19ClN2OS/c1-3-9(4-2)8-18-15(19)14-13(17)12-10(16)6-5-7-11(12)20-14/h5-7,9H,3-4,8,17H2,1-2H3,(H,18,19). The highest BCUT2D eigenvalue weighted by atomic mass is 35.5. The Morgan fingerprint density at radius 2 is 2.10 bits per heavy atom. The van der Waals surface area contributed by atoms with Crippen molar-refractivity contribution in [1.29, 1.82) is 0 Å². The molecule has 0 aliphatic carbocycles. The van der Waals surface area contributed by atoms with Crippen LogP contribution in [0.5, 0.6) is 0 Å². The number of rotatable bonds is 5. The largest absolute Gasteiger partial charge is 0.397 e. The molecule has 108 valence electrons. The summed E-state index contributed by atoms with van der Waals surface area (Å²) in [6, 6.07) is 5.59. The van der Waals surface area contributed by atoms with Crippen LogP contribution in [0.1, 0.15) is 36.4 Å². The number of benzene rings is 1. The van der Waals surface area contributed by atoms with E-state index >= 15 is 0 Å². The first-order chi connectivity index (χ1) is 9.58. The maximum absolute atomic E-state index is 12.3. The molecule has 0 bridgehead atoms. The SMILES string of the molecule is CCC(CC)CNC(=O)c1sc2cccc(Cl)c2c1N. The summed E-state index contributed by atoms with van der Waals surface area (Å²) in [6.07, 6.45) is 2.12. The van der Waals surface area contributed by atoms with Gasteiger partial charge in [-0.2, -0.15) is 0 Å². The number of carbonyl (C=O) groups is 1. The van der Waals surface area contributed by atoms with Crippen LogP contribution in [0.15, 0.2) is 18.2 Å². The van der Waals surface area contributed by atoms with Gasteiger partial charge < -0.3 is 11.1 Å². The third kappa shape index (κ3) is 2.91. The fourth-order valence-electron chi connectivity index (χ4n) is 2.19. The van der Waals surface area contributed by atoms with Gasteiger partial charge in [0.15, 0.2) is 0 Å². The summed E-state index contributed by atoms with van der Waals surface area (Å²) < 4.78 is 0.947. The molecule has 0 fully saturated rings. The van der Waals surface area contributed by atoms with Gasteiger partial charge in [-0.1, -0.05) is 44.4 Å². The molecule has 0 saturated carbocycles. The van der Waals surface area contributed by atoms with Crippen molar-refractivity contribution in [3.8, 4) is 0 Å². The molecule has 0 radical (unpaired) electrons. The van der Waals surface area contributed by atoms with Crippen molar-refractivity contribution in [2.75, 3.05) is 12.3 Å². The molecule has 2 rings (SSSR count). The molecule has 20 heavy (non-hydrogen) atoms. The van der Waals surface area contributed by atoms with Crippen LogP contribution in [0.2, 0.25) is 5.02 Å². The number of amides is 1. The second-order valence-electron chi connectivity index (χ2n) is 4.85. The summed E-state index contributed by atoms with van der Waals surface area (Å²) in [7, 11) is 0. The van der Waals surface area contributed by atoms with Gasteiger partial charge in [0, 0.05) is 16.6 Å². The van der Waals surface area contributed by atoms with E-state index in [1.807, 2.05) is 12.1 Å². The van der Waals surface area contributed by atoms with Gasteiger partial charge in [0.2, 0.25) is 0 Å². The number of nitrogens with one attached hydrogen (secondary N) is 1. The molecule has 0 atom stereocenters. The lowest BCUT2D eigenvalue weighted by molar-refractivity contribution is 0.0951. The number of anilines is 1. The quantitative estimate of drug-likeness (QED) is 0.865. The van der Waals surface area contributed by atoms with Gasteiger partial charge >= 0.3 is 0 Å². The number of hydrogen-bond donors (Lipinski definition) is 2. The number of hydrogen-bond acceptors (Lipinski definition) is 3. The van der Waals surface area contributed by atoms with E-state index in [2.05, 4.69) is 19.2 Å². The Morgan fingerprint density at radius 3 is 2.70 bits per heavy atom. The van der Waals surface area contributed by atoms with Crippen molar-refractivity contribution < 1.29 is 4.79 Å². The fourth-order valence-corrected chi connectivity index (χ4v) is 3.59. The Bertz CT molecular complexity index is 620. The predicted octanol–water partition coefficient (Wildman–Crippen LogP) is 4.30. The summed E-state index contributed by atoms with van der Waals surface area (Å²) in [4.78, 5) is 12.8. The normalized spacial score (nSPS) is 11.2. The second-order valence-corrected chi connectivity index (χ2v) is 6.31. The first kappa shape index (κ1) is 15.1. The maximum atomic E-state index is 12.3. The van der Waals surface area contributed by atoms with Crippen molar-refractivity contribution in [3.63, 3.8) is 0 Å². The molecule has 0 spiro atoms. The van der Waals surface area contributed by atoms with Crippen LogP contribution in [-0.2, 0) is 0 Å². The van der Waals surface area contributed by atoms with Crippen molar-refractivity contribution in [2.45, 2.75) is 26.7 Å². The maximum Gasteiger partial charge on any atom is 0.263 e. The Morgan fingerprint density at radius 1 is 1.40 bits per heavy atom. The number of nitrogens with two attached hydrogens (primary N) is 1. The Balaban J connectivity index is 2.23. The molecule has 3 nitrogen and oxygen atoms in total. The lowest BCUT2D eigenvalue weighted by Crippen LogP contribution is -2.28. The summed E-state index contributed by atoms with van der Waals surface area (Å²) in [5, 5.41) is 4.35. The number of halogens is 1. The summed E-state index contributed by atoms with van der Waals surface area (Å²) in [5.74, 6) is 0.407. The molecule has 0 aliphatic rings. The second kappa shape index (κ2) is 6.46. The summed E-state index contributed by atoms with van der Waals surface area (Å²) in [5.41, 5.74) is 6.56. The number of nitrogen functional groups attached to an aromatic ring is 1.